The molecule has 1 fully saturated rings. The molecule has 1 aliphatic heterocycles. The van der Waals surface area contributed by atoms with Crippen LogP contribution in [0.4, 0.5) is 5.69 Å². The summed E-state index contributed by atoms with van der Waals surface area (Å²) in [5, 5.41) is 12.7. The van der Waals surface area contributed by atoms with Crippen molar-refractivity contribution in [1.82, 2.24) is 4.31 Å². The maximum absolute atomic E-state index is 12.7. The number of sulfonamides is 1. The lowest BCUT2D eigenvalue weighted by molar-refractivity contribution is -0.116. The summed E-state index contributed by atoms with van der Waals surface area (Å²) >= 11 is 0. The summed E-state index contributed by atoms with van der Waals surface area (Å²) in [6, 6.07) is 12.1. The highest BCUT2D eigenvalue weighted by Crippen LogP contribution is 2.29. The monoisotopic (exact) mass is 402 g/mol. The van der Waals surface area contributed by atoms with Gasteiger partial charge in [0.2, 0.25) is 15.9 Å². The number of benzene rings is 2. The van der Waals surface area contributed by atoms with Crippen molar-refractivity contribution in [3.63, 3.8) is 0 Å². The van der Waals surface area contributed by atoms with E-state index in [9.17, 15) is 18.3 Å². The van der Waals surface area contributed by atoms with E-state index in [0.29, 0.717) is 19.5 Å². The van der Waals surface area contributed by atoms with Crippen LogP contribution in [0.25, 0.3) is 0 Å². The lowest BCUT2D eigenvalue weighted by Crippen LogP contribution is -2.28. The van der Waals surface area contributed by atoms with Crippen LogP contribution < -0.4 is 5.32 Å². The van der Waals surface area contributed by atoms with Gasteiger partial charge >= 0.3 is 0 Å². The molecule has 6 nitrogen and oxygen atoms in total. The van der Waals surface area contributed by atoms with Crippen LogP contribution in [-0.4, -0.2) is 36.8 Å². The van der Waals surface area contributed by atoms with Gasteiger partial charge in [-0.05, 0) is 55.0 Å². The van der Waals surface area contributed by atoms with E-state index in [1.807, 2.05) is 24.3 Å². The third kappa shape index (κ3) is 4.72. The molecule has 0 aliphatic carbocycles. The van der Waals surface area contributed by atoms with Crippen LogP contribution in [0.1, 0.15) is 37.3 Å². The molecule has 3 rings (SSSR count). The van der Waals surface area contributed by atoms with Crippen molar-refractivity contribution in [1.29, 1.82) is 0 Å². The average Bonchev–Trinajstić information content (AvgIpc) is 3.24. The number of anilines is 1. The van der Waals surface area contributed by atoms with Gasteiger partial charge in [-0.2, -0.15) is 4.31 Å². The summed E-state index contributed by atoms with van der Waals surface area (Å²) in [6.07, 6.45) is 3.48. The number of carbonyl (C=O) groups excluding carboxylic acids is 1. The van der Waals surface area contributed by atoms with Gasteiger partial charge in [0.05, 0.1) is 10.6 Å². The Morgan fingerprint density at radius 1 is 1.07 bits per heavy atom. The minimum absolute atomic E-state index is 0.0812. The quantitative estimate of drug-likeness (QED) is 0.696. The minimum atomic E-state index is -3.60. The van der Waals surface area contributed by atoms with Crippen LogP contribution in [0.15, 0.2) is 47.4 Å². The molecule has 0 aromatic heterocycles. The average molecular weight is 403 g/mol. The molecule has 28 heavy (non-hydrogen) atoms. The zero-order chi connectivity index (χ0) is 20.1. The first-order valence-electron chi connectivity index (χ1n) is 9.61. The van der Waals surface area contributed by atoms with Crippen LogP contribution in [0, 0.1) is 0 Å². The van der Waals surface area contributed by atoms with E-state index >= 15 is 0 Å². The number of phenolic OH excluding ortho intramolecular Hbond substituents is 1. The van der Waals surface area contributed by atoms with Gasteiger partial charge in [-0.1, -0.05) is 31.2 Å². The van der Waals surface area contributed by atoms with E-state index in [2.05, 4.69) is 12.2 Å². The predicted octanol–water partition coefficient (Wildman–Crippen LogP) is 3.31. The molecule has 0 radical (unpaired) electrons. The number of hydrogen-bond acceptors (Lipinski definition) is 4. The fourth-order valence-corrected chi connectivity index (χ4v) is 4.81. The Labute approximate surface area is 166 Å². The second kappa shape index (κ2) is 8.75. The summed E-state index contributed by atoms with van der Waals surface area (Å²) < 4.78 is 26.8. The van der Waals surface area contributed by atoms with Crippen molar-refractivity contribution in [2.75, 3.05) is 18.4 Å². The molecule has 1 heterocycles. The minimum Gasteiger partial charge on any atom is -0.506 e. The van der Waals surface area contributed by atoms with Crippen LogP contribution in [0.2, 0.25) is 0 Å². The Morgan fingerprint density at radius 3 is 2.36 bits per heavy atom. The first-order chi connectivity index (χ1) is 13.4. The van der Waals surface area contributed by atoms with E-state index in [1.54, 1.807) is 0 Å². The topological polar surface area (TPSA) is 86.7 Å². The van der Waals surface area contributed by atoms with Crippen molar-refractivity contribution in [3.05, 3.63) is 53.6 Å². The summed E-state index contributed by atoms with van der Waals surface area (Å²) in [5.41, 5.74) is 2.42. The number of rotatable bonds is 7. The van der Waals surface area contributed by atoms with E-state index in [-0.39, 0.29) is 28.7 Å². The standard InChI is InChI=1S/C21H26N2O4S/c1-2-16-5-7-17(8-6-16)9-12-21(25)22-19-15-18(10-11-20(19)24)28(26,27)23-13-3-4-14-23/h5-8,10-11,15,24H,2-4,9,12-14H2,1H3,(H,22,25). The first-order valence-corrected chi connectivity index (χ1v) is 11.0. The van der Waals surface area contributed by atoms with Gasteiger partial charge in [0.25, 0.3) is 0 Å². The highest BCUT2D eigenvalue weighted by atomic mass is 32.2. The Bertz CT molecular complexity index is 933. The Morgan fingerprint density at radius 2 is 1.71 bits per heavy atom. The molecule has 0 atom stereocenters. The van der Waals surface area contributed by atoms with Gasteiger partial charge < -0.3 is 10.4 Å². The molecule has 1 saturated heterocycles. The van der Waals surface area contributed by atoms with Crippen molar-refractivity contribution in [2.45, 2.75) is 43.9 Å². The molecule has 0 bridgehead atoms. The van der Waals surface area contributed by atoms with Gasteiger partial charge in [-0.15, -0.1) is 0 Å². The fourth-order valence-electron chi connectivity index (χ4n) is 3.27. The third-order valence-corrected chi connectivity index (χ3v) is 6.91. The highest BCUT2D eigenvalue weighted by molar-refractivity contribution is 7.89. The Balaban J connectivity index is 1.66. The number of hydrogen-bond donors (Lipinski definition) is 2. The van der Waals surface area contributed by atoms with Gasteiger partial charge in [0.1, 0.15) is 5.75 Å². The summed E-state index contributed by atoms with van der Waals surface area (Å²) in [7, 11) is -3.60. The summed E-state index contributed by atoms with van der Waals surface area (Å²) in [4.78, 5) is 12.4. The lowest BCUT2D eigenvalue weighted by Gasteiger charge is -2.16. The zero-order valence-corrected chi connectivity index (χ0v) is 16.8. The molecule has 1 amide bonds. The smallest absolute Gasteiger partial charge is 0.243 e. The van der Waals surface area contributed by atoms with Crippen LogP contribution >= 0.6 is 0 Å². The lowest BCUT2D eigenvalue weighted by atomic mass is 10.1. The number of carbonyl (C=O) groups is 1. The van der Waals surface area contributed by atoms with E-state index in [0.717, 1.165) is 24.8 Å². The third-order valence-electron chi connectivity index (χ3n) is 5.02. The molecule has 0 unspecified atom stereocenters. The molecule has 2 N–H and O–H groups in total. The maximum atomic E-state index is 12.7. The van der Waals surface area contributed by atoms with E-state index < -0.39 is 10.0 Å². The fraction of sp³-hybridized carbons (Fsp3) is 0.381. The molecule has 1 aliphatic rings. The highest BCUT2D eigenvalue weighted by Gasteiger charge is 2.27. The Hall–Kier alpha value is -2.38. The van der Waals surface area contributed by atoms with Crippen molar-refractivity contribution in [3.8, 4) is 5.75 Å². The molecule has 0 saturated carbocycles. The number of aromatic hydroxyl groups is 1. The summed E-state index contributed by atoms with van der Waals surface area (Å²) in [6.45, 7) is 3.09. The van der Waals surface area contributed by atoms with Gasteiger partial charge in [0.15, 0.2) is 0 Å². The van der Waals surface area contributed by atoms with E-state index in [1.165, 1.54) is 28.1 Å². The predicted molar refractivity (Wildman–Crippen MR) is 109 cm³/mol. The number of amides is 1. The van der Waals surface area contributed by atoms with Crippen LogP contribution in [-0.2, 0) is 27.7 Å². The number of nitrogens with zero attached hydrogens (tertiary/aromatic N) is 1. The van der Waals surface area contributed by atoms with Crippen LogP contribution in [0.3, 0.4) is 0 Å². The van der Waals surface area contributed by atoms with Crippen molar-refractivity contribution in [2.24, 2.45) is 0 Å². The SMILES string of the molecule is CCc1ccc(CCC(=O)Nc2cc(S(=O)(=O)N3CCCC3)ccc2O)cc1. The number of nitrogens with one attached hydrogen (secondary N) is 1. The first kappa shape index (κ1) is 20.4. The molecular weight excluding hydrogens is 376 g/mol. The van der Waals surface area contributed by atoms with Crippen LogP contribution in [0.5, 0.6) is 5.75 Å². The van der Waals surface area contributed by atoms with Gasteiger partial charge in [-0.3, -0.25) is 4.79 Å². The van der Waals surface area contributed by atoms with E-state index in [4.69, 9.17) is 0 Å². The van der Waals surface area contributed by atoms with Gasteiger partial charge in [0, 0.05) is 19.5 Å². The van der Waals surface area contributed by atoms with Gasteiger partial charge in [-0.25, -0.2) is 8.42 Å². The second-order valence-corrected chi connectivity index (χ2v) is 8.95. The molecule has 7 heteroatoms. The number of phenols is 1. The normalized spacial score (nSPS) is 14.9. The Kier molecular flexibility index (Phi) is 6.36. The molecular formula is C21H26N2O4S. The second-order valence-electron chi connectivity index (χ2n) is 7.01. The molecule has 0 spiro atoms. The largest absolute Gasteiger partial charge is 0.506 e. The number of aryl methyl sites for hydroxylation is 2. The zero-order valence-electron chi connectivity index (χ0n) is 16.0. The summed E-state index contributed by atoms with van der Waals surface area (Å²) in [5.74, 6) is -0.424. The maximum Gasteiger partial charge on any atom is 0.243 e. The molecule has 2 aromatic rings. The molecule has 2 aromatic carbocycles. The van der Waals surface area contributed by atoms with Crippen molar-refractivity contribution < 1.29 is 18.3 Å². The molecule has 150 valence electrons. The van der Waals surface area contributed by atoms with Crippen molar-refractivity contribution >= 4 is 21.6 Å².